The summed E-state index contributed by atoms with van der Waals surface area (Å²) in [7, 11) is 0. The van der Waals surface area contributed by atoms with Crippen molar-refractivity contribution >= 4 is 81.1 Å². The van der Waals surface area contributed by atoms with Gasteiger partial charge in [0.25, 0.3) is 0 Å². The molecule has 2 N–H and O–H groups in total. The molecular formula is C51H34N4OS. The molecule has 0 aliphatic carbocycles. The van der Waals surface area contributed by atoms with E-state index in [9.17, 15) is 0 Å². The van der Waals surface area contributed by atoms with Gasteiger partial charge in [0, 0.05) is 53.0 Å². The number of aliphatic imine (C=N–C) groups is 1. The zero-order valence-electron chi connectivity index (χ0n) is 30.7. The lowest BCUT2D eigenvalue weighted by molar-refractivity contribution is 0.409. The molecule has 1 aliphatic heterocycles. The second-order valence-electron chi connectivity index (χ2n) is 14.8. The molecule has 6 heteroatoms. The number of fused-ring (bicyclic) bond motifs is 9. The minimum atomic E-state index is -0.177. The second kappa shape index (κ2) is 12.8. The van der Waals surface area contributed by atoms with Gasteiger partial charge in [0.1, 0.15) is 29.3 Å². The quantitative estimate of drug-likeness (QED) is 0.184. The summed E-state index contributed by atoms with van der Waals surface area (Å²) in [6.07, 6.45) is -0.259. The van der Waals surface area contributed by atoms with Gasteiger partial charge in [0.15, 0.2) is 0 Å². The maximum Gasteiger partial charge on any atom is 0.135 e. The lowest BCUT2D eigenvalue weighted by Crippen LogP contribution is -2.44. The number of hydrogen-bond acceptors (Lipinski definition) is 5. The minimum absolute atomic E-state index is 0.0828. The fourth-order valence-electron chi connectivity index (χ4n) is 8.82. The number of benzene rings is 8. The van der Waals surface area contributed by atoms with Gasteiger partial charge < -0.3 is 14.3 Å². The van der Waals surface area contributed by atoms with Gasteiger partial charge in [-0.2, -0.15) is 0 Å². The standard InChI is InChI=1S/C51H34N4OS/c1-3-12-31(13-4-1)49-52-50(32-14-5-2-6-15-32)54-51(53-49)34-22-25-39-47(29-34)57-46-21-11-18-36(48(39)46)33-23-26-44-40(28-33)41-30-35(24-27-45(41)56-44)55-42-19-9-7-16-37(42)38-17-8-10-20-43(38)55/h1-30,49-50,52H,(H,53,54). The van der Waals surface area contributed by atoms with E-state index in [1.54, 1.807) is 0 Å². The molecule has 0 saturated heterocycles. The van der Waals surface area contributed by atoms with Crippen LogP contribution in [0, 0.1) is 0 Å². The van der Waals surface area contributed by atoms with E-state index in [2.05, 4.69) is 191 Å². The average molecular weight is 751 g/mol. The van der Waals surface area contributed by atoms with E-state index in [4.69, 9.17) is 9.41 Å². The predicted molar refractivity (Wildman–Crippen MR) is 238 cm³/mol. The highest BCUT2D eigenvalue weighted by atomic mass is 32.1. The first-order valence-corrected chi connectivity index (χ1v) is 20.2. The number of thiophene rings is 1. The van der Waals surface area contributed by atoms with Crippen molar-refractivity contribution in [3.05, 3.63) is 199 Å². The minimum Gasteiger partial charge on any atom is -0.456 e. The predicted octanol–water partition coefficient (Wildman–Crippen LogP) is 13.1. The molecule has 0 saturated carbocycles. The highest BCUT2D eigenvalue weighted by Crippen LogP contribution is 2.43. The Kier molecular flexibility index (Phi) is 7.24. The Bertz CT molecular complexity index is 3320. The molecule has 11 aromatic rings. The number of hydrogen-bond donors (Lipinski definition) is 2. The SMILES string of the molecule is c1ccc(C2N=C(c3ccc4c(c3)sc3cccc(-c5ccc6oc7ccc(-n8c9ccccc9c9ccccc98)cc7c6c5)c34)NC(c3ccccc3)N2)cc1. The molecule has 3 aromatic heterocycles. The van der Waals surface area contributed by atoms with Crippen molar-refractivity contribution < 1.29 is 4.42 Å². The molecule has 0 radical (unpaired) electrons. The molecule has 1 aliphatic rings. The largest absolute Gasteiger partial charge is 0.456 e. The number of amidine groups is 1. The van der Waals surface area contributed by atoms with Crippen LogP contribution in [0.15, 0.2) is 191 Å². The first kappa shape index (κ1) is 32.3. The van der Waals surface area contributed by atoms with Crippen LogP contribution in [0.3, 0.4) is 0 Å². The van der Waals surface area contributed by atoms with Crippen molar-refractivity contribution in [1.29, 1.82) is 0 Å². The molecule has 2 unspecified atom stereocenters. The molecule has 0 bridgehead atoms. The molecule has 0 spiro atoms. The summed E-state index contributed by atoms with van der Waals surface area (Å²) in [4.78, 5) is 5.21. The summed E-state index contributed by atoms with van der Waals surface area (Å²) in [5, 5.41) is 14.7. The number of nitrogens with one attached hydrogen (secondary N) is 2. The molecule has 270 valence electrons. The monoisotopic (exact) mass is 750 g/mol. The number of rotatable bonds is 5. The Morgan fingerprint density at radius 3 is 1.95 bits per heavy atom. The zero-order chi connectivity index (χ0) is 37.5. The van der Waals surface area contributed by atoms with Crippen LogP contribution in [0.1, 0.15) is 29.0 Å². The van der Waals surface area contributed by atoms with Gasteiger partial charge in [0.05, 0.1) is 11.0 Å². The van der Waals surface area contributed by atoms with E-state index in [1.807, 2.05) is 17.4 Å². The van der Waals surface area contributed by atoms with Crippen LogP contribution in [-0.2, 0) is 0 Å². The number of nitrogens with zero attached hydrogens (tertiary/aromatic N) is 2. The number of furan rings is 1. The maximum absolute atomic E-state index is 6.45. The molecule has 12 rings (SSSR count). The molecule has 0 amide bonds. The summed E-state index contributed by atoms with van der Waals surface area (Å²) in [5.41, 5.74) is 11.0. The van der Waals surface area contributed by atoms with Gasteiger partial charge in [-0.05, 0) is 76.9 Å². The van der Waals surface area contributed by atoms with E-state index in [0.29, 0.717) is 0 Å². The Hall–Kier alpha value is -6.99. The van der Waals surface area contributed by atoms with Crippen LogP contribution in [0.25, 0.3) is 80.7 Å². The van der Waals surface area contributed by atoms with E-state index in [-0.39, 0.29) is 12.3 Å². The molecular weight excluding hydrogens is 717 g/mol. The van der Waals surface area contributed by atoms with Gasteiger partial charge in [-0.25, -0.2) is 4.99 Å². The van der Waals surface area contributed by atoms with Gasteiger partial charge in [-0.15, -0.1) is 11.3 Å². The lowest BCUT2D eigenvalue weighted by atomic mass is 9.97. The summed E-state index contributed by atoms with van der Waals surface area (Å²) >= 11 is 1.83. The molecule has 0 fully saturated rings. The summed E-state index contributed by atoms with van der Waals surface area (Å²) < 4.78 is 11.3. The third-order valence-electron chi connectivity index (χ3n) is 11.5. The Morgan fingerprint density at radius 1 is 0.509 bits per heavy atom. The van der Waals surface area contributed by atoms with Crippen LogP contribution in [-0.4, -0.2) is 10.4 Å². The van der Waals surface area contributed by atoms with Gasteiger partial charge >= 0.3 is 0 Å². The second-order valence-corrected chi connectivity index (χ2v) is 15.9. The topological polar surface area (TPSA) is 54.5 Å². The third-order valence-corrected chi connectivity index (χ3v) is 12.6. The Morgan fingerprint density at radius 2 is 1.18 bits per heavy atom. The van der Waals surface area contributed by atoms with Crippen LogP contribution in [0.5, 0.6) is 0 Å². The highest BCUT2D eigenvalue weighted by molar-refractivity contribution is 7.26. The van der Waals surface area contributed by atoms with Crippen molar-refractivity contribution in [1.82, 2.24) is 15.2 Å². The van der Waals surface area contributed by atoms with E-state index < -0.39 is 0 Å². The van der Waals surface area contributed by atoms with E-state index in [0.717, 1.165) is 44.6 Å². The van der Waals surface area contributed by atoms with Crippen LogP contribution < -0.4 is 10.6 Å². The molecule has 8 aromatic carbocycles. The third kappa shape index (κ3) is 5.22. The molecule has 4 heterocycles. The van der Waals surface area contributed by atoms with Crippen LogP contribution in [0.4, 0.5) is 0 Å². The summed E-state index contributed by atoms with van der Waals surface area (Å²) in [5.74, 6) is 0.883. The fraction of sp³-hybridized carbons (Fsp3) is 0.0392. The Labute approximate surface area is 332 Å². The average Bonchev–Trinajstić information content (AvgIpc) is 3.95. The first-order chi connectivity index (χ1) is 28.2. The lowest BCUT2D eigenvalue weighted by Gasteiger charge is -2.32. The zero-order valence-corrected chi connectivity index (χ0v) is 31.5. The number of para-hydroxylation sites is 2. The van der Waals surface area contributed by atoms with Gasteiger partial charge in [-0.3, -0.25) is 5.32 Å². The fourth-order valence-corrected chi connectivity index (χ4v) is 9.99. The molecule has 57 heavy (non-hydrogen) atoms. The van der Waals surface area contributed by atoms with Gasteiger partial charge in [0.2, 0.25) is 0 Å². The first-order valence-electron chi connectivity index (χ1n) is 19.3. The van der Waals surface area contributed by atoms with E-state index >= 15 is 0 Å². The smallest absolute Gasteiger partial charge is 0.135 e. The highest BCUT2D eigenvalue weighted by Gasteiger charge is 2.26. The summed E-state index contributed by atoms with van der Waals surface area (Å²) in [6.45, 7) is 0. The normalized spacial score (nSPS) is 15.9. The van der Waals surface area contributed by atoms with Crippen LogP contribution >= 0.6 is 11.3 Å². The number of aromatic nitrogens is 1. The van der Waals surface area contributed by atoms with Crippen molar-refractivity contribution in [2.75, 3.05) is 0 Å². The van der Waals surface area contributed by atoms with Crippen LogP contribution in [0.2, 0.25) is 0 Å². The van der Waals surface area contributed by atoms with Crippen molar-refractivity contribution in [2.45, 2.75) is 12.3 Å². The van der Waals surface area contributed by atoms with Crippen molar-refractivity contribution in [3.63, 3.8) is 0 Å². The maximum atomic E-state index is 6.45. The molecule has 2 atom stereocenters. The van der Waals surface area contributed by atoms with Crippen molar-refractivity contribution in [2.24, 2.45) is 4.99 Å². The van der Waals surface area contributed by atoms with Gasteiger partial charge in [-0.1, -0.05) is 127 Å². The van der Waals surface area contributed by atoms with E-state index in [1.165, 1.54) is 58.7 Å². The Balaban J connectivity index is 0.963. The van der Waals surface area contributed by atoms with Crippen molar-refractivity contribution in [3.8, 4) is 16.8 Å². The summed E-state index contributed by atoms with van der Waals surface area (Å²) in [6, 6.07) is 65.0. The molecule has 5 nitrogen and oxygen atoms in total.